The Morgan fingerprint density at radius 3 is 2.00 bits per heavy atom. The first-order chi connectivity index (χ1) is 8.69. The number of carbonyl (C=O) groups excluding carboxylic acids is 1. The second-order valence-corrected chi connectivity index (χ2v) is 5.04. The molecule has 0 spiro atoms. The molecule has 3 heteroatoms. The number of hydrogen-bond donors (Lipinski definition) is 1. The molecular formula is C15H14O2S. The average molecular weight is 258 g/mol. The van der Waals surface area contributed by atoms with Crippen LogP contribution in [-0.2, 0) is 0 Å². The highest BCUT2D eigenvalue weighted by Crippen LogP contribution is 2.28. The van der Waals surface area contributed by atoms with E-state index in [2.05, 4.69) is 0 Å². The van der Waals surface area contributed by atoms with Gasteiger partial charge in [0.1, 0.15) is 5.75 Å². The second kappa shape index (κ2) is 5.74. The molecule has 0 amide bonds. The SMILES string of the molecule is CCC(=O)c1ccc(Sc2ccc(O)cc2)cc1. The van der Waals surface area contributed by atoms with E-state index >= 15 is 0 Å². The molecule has 0 heterocycles. The van der Waals surface area contributed by atoms with Gasteiger partial charge in [-0.2, -0.15) is 0 Å². The highest BCUT2D eigenvalue weighted by atomic mass is 32.2. The van der Waals surface area contributed by atoms with Gasteiger partial charge in [0.05, 0.1) is 0 Å². The fourth-order valence-corrected chi connectivity index (χ4v) is 2.38. The van der Waals surface area contributed by atoms with Crippen LogP contribution >= 0.6 is 11.8 Å². The number of aromatic hydroxyl groups is 1. The van der Waals surface area contributed by atoms with Crippen LogP contribution in [0.4, 0.5) is 0 Å². The summed E-state index contributed by atoms with van der Waals surface area (Å²) in [5.41, 5.74) is 0.757. The van der Waals surface area contributed by atoms with Gasteiger partial charge in [-0.3, -0.25) is 4.79 Å². The van der Waals surface area contributed by atoms with Crippen LogP contribution in [0.5, 0.6) is 5.75 Å². The van der Waals surface area contributed by atoms with Crippen molar-refractivity contribution in [3.63, 3.8) is 0 Å². The summed E-state index contributed by atoms with van der Waals surface area (Å²) < 4.78 is 0. The molecule has 0 fully saturated rings. The molecular weight excluding hydrogens is 244 g/mol. The summed E-state index contributed by atoms with van der Waals surface area (Å²) >= 11 is 1.60. The molecule has 92 valence electrons. The van der Waals surface area contributed by atoms with Crippen molar-refractivity contribution in [3.05, 3.63) is 54.1 Å². The van der Waals surface area contributed by atoms with Gasteiger partial charge in [0, 0.05) is 21.8 Å². The minimum atomic E-state index is 0.163. The minimum absolute atomic E-state index is 0.163. The predicted molar refractivity (Wildman–Crippen MR) is 73.3 cm³/mol. The Kier molecular flexibility index (Phi) is 4.05. The van der Waals surface area contributed by atoms with Crippen LogP contribution in [0.15, 0.2) is 58.3 Å². The standard InChI is InChI=1S/C15H14O2S/c1-2-15(17)11-3-7-13(8-4-11)18-14-9-5-12(16)6-10-14/h3-10,16H,2H2,1H3. The smallest absolute Gasteiger partial charge is 0.162 e. The molecule has 0 saturated heterocycles. The monoisotopic (exact) mass is 258 g/mol. The number of hydrogen-bond acceptors (Lipinski definition) is 3. The molecule has 0 aromatic heterocycles. The first-order valence-corrected chi connectivity index (χ1v) is 6.61. The van der Waals surface area contributed by atoms with Gasteiger partial charge in [-0.05, 0) is 36.4 Å². The molecule has 2 aromatic carbocycles. The number of carbonyl (C=O) groups is 1. The Balaban J connectivity index is 2.10. The van der Waals surface area contributed by atoms with E-state index in [0.717, 1.165) is 15.4 Å². The lowest BCUT2D eigenvalue weighted by atomic mass is 10.1. The van der Waals surface area contributed by atoms with Crippen LogP contribution in [-0.4, -0.2) is 10.9 Å². The van der Waals surface area contributed by atoms with Crippen molar-refractivity contribution in [1.29, 1.82) is 0 Å². The molecule has 0 radical (unpaired) electrons. The lowest BCUT2D eigenvalue weighted by Gasteiger charge is -2.03. The molecule has 0 saturated carbocycles. The van der Waals surface area contributed by atoms with E-state index in [4.69, 9.17) is 0 Å². The predicted octanol–water partition coefficient (Wildman–Crippen LogP) is 4.14. The van der Waals surface area contributed by atoms with Crippen molar-refractivity contribution in [2.45, 2.75) is 23.1 Å². The van der Waals surface area contributed by atoms with E-state index in [1.54, 1.807) is 23.9 Å². The summed E-state index contributed by atoms with van der Waals surface area (Å²) in [7, 11) is 0. The zero-order valence-electron chi connectivity index (χ0n) is 10.1. The largest absolute Gasteiger partial charge is 0.508 e. The number of ketones is 1. The van der Waals surface area contributed by atoms with Gasteiger partial charge in [-0.1, -0.05) is 30.8 Å². The van der Waals surface area contributed by atoms with Crippen molar-refractivity contribution in [1.82, 2.24) is 0 Å². The number of rotatable bonds is 4. The Labute approximate surface area is 111 Å². The summed E-state index contributed by atoms with van der Waals surface area (Å²) in [6, 6.07) is 14.7. The maximum Gasteiger partial charge on any atom is 0.162 e. The van der Waals surface area contributed by atoms with E-state index in [0.29, 0.717) is 6.42 Å². The van der Waals surface area contributed by atoms with Crippen LogP contribution in [0.25, 0.3) is 0 Å². The molecule has 0 aliphatic heterocycles. The summed E-state index contributed by atoms with van der Waals surface area (Å²) in [6.45, 7) is 1.86. The number of phenolic OH excluding ortho intramolecular Hbond substituents is 1. The Morgan fingerprint density at radius 1 is 1.00 bits per heavy atom. The molecule has 2 nitrogen and oxygen atoms in total. The lowest BCUT2D eigenvalue weighted by molar-refractivity contribution is 0.0988. The quantitative estimate of drug-likeness (QED) is 0.838. The van der Waals surface area contributed by atoms with Gasteiger partial charge in [0.2, 0.25) is 0 Å². The lowest BCUT2D eigenvalue weighted by Crippen LogP contribution is -1.95. The molecule has 1 N–H and O–H groups in total. The van der Waals surface area contributed by atoms with Gasteiger partial charge >= 0.3 is 0 Å². The molecule has 2 aromatic rings. The van der Waals surface area contributed by atoms with Crippen molar-refractivity contribution in [2.75, 3.05) is 0 Å². The molecule has 0 aliphatic rings. The van der Waals surface area contributed by atoms with Gasteiger partial charge in [0.25, 0.3) is 0 Å². The average Bonchev–Trinajstić information content (AvgIpc) is 2.41. The number of benzene rings is 2. The first kappa shape index (κ1) is 12.7. The zero-order chi connectivity index (χ0) is 13.0. The Morgan fingerprint density at radius 2 is 1.50 bits per heavy atom. The zero-order valence-corrected chi connectivity index (χ0v) is 10.9. The topological polar surface area (TPSA) is 37.3 Å². The second-order valence-electron chi connectivity index (χ2n) is 3.90. The fourth-order valence-electron chi connectivity index (χ4n) is 1.56. The third-order valence-corrected chi connectivity index (χ3v) is 3.59. The van der Waals surface area contributed by atoms with E-state index in [9.17, 15) is 9.90 Å². The van der Waals surface area contributed by atoms with Gasteiger partial charge in [-0.25, -0.2) is 0 Å². The van der Waals surface area contributed by atoms with Crippen LogP contribution in [0.1, 0.15) is 23.7 Å². The molecule has 0 aliphatic carbocycles. The third-order valence-electron chi connectivity index (χ3n) is 2.57. The summed E-state index contributed by atoms with van der Waals surface area (Å²) in [5, 5.41) is 9.20. The number of Topliss-reactive ketones (excluding diaryl/α,β-unsaturated/α-hetero) is 1. The summed E-state index contributed by atoms with van der Waals surface area (Å²) in [6.07, 6.45) is 0.532. The van der Waals surface area contributed by atoms with Crippen molar-refractivity contribution >= 4 is 17.5 Å². The van der Waals surface area contributed by atoms with Crippen molar-refractivity contribution in [3.8, 4) is 5.75 Å². The Hall–Kier alpha value is -1.74. The normalized spacial score (nSPS) is 10.3. The Bertz CT molecular complexity index is 529. The first-order valence-electron chi connectivity index (χ1n) is 5.79. The van der Waals surface area contributed by atoms with E-state index in [1.165, 1.54) is 0 Å². The molecule has 0 bridgehead atoms. The molecule has 18 heavy (non-hydrogen) atoms. The van der Waals surface area contributed by atoms with Gasteiger partial charge < -0.3 is 5.11 Å². The summed E-state index contributed by atoms with van der Waals surface area (Å²) in [5.74, 6) is 0.430. The highest BCUT2D eigenvalue weighted by molar-refractivity contribution is 7.99. The fraction of sp³-hybridized carbons (Fsp3) is 0.133. The number of phenols is 1. The highest BCUT2D eigenvalue weighted by Gasteiger charge is 2.03. The van der Waals surface area contributed by atoms with Crippen molar-refractivity contribution < 1.29 is 9.90 Å². The van der Waals surface area contributed by atoms with Crippen LogP contribution in [0.2, 0.25) is 0 Å². The van der Waals surface area contributed by atoms with E-state index in [-0.39, 0.29) is 11.5 Å². The minimum Gasteiger partial charge on any atom is -0.508 e. The van der Waals surface area contributed by atoms with Crippen LogP contribution < -0.4 is 0 Å². The maximum absolute atomic E-state index is 11.5. The molecule has 0 atom stereocenters. The third kappa shape index (κ3) is 3.14. The van der Waals surface area contributed by atoms with E-state index in [1.807, 2.05) is 43.3 Å². The van der Waals surface area contributed by atoms with Gasteiger partial charge in [0.15, 0.2) is 5.78 Å². The van der Waals surface area contributed by atoms with Gasteiger partial charge in [-0.15, -0.1) is 0 Å². The molecule has 0 unspecified atom stereocenters. The van der Waals surface area contributed by atoms with Crippen LogP contribution in [0.3, 0.4) is 0 Å². The molecule has 2 rings (SSSR count). The van der Waals surface area contributed by atoms with Crippen molar-refractivity contribution in [2.24, 2.45) is 0 Å². The van der Waals surface area contributed by atoms with E-state index < -0.39 is 0 Å². The summed E-state index contributed by atoms with van der Waals surface area (Å²) in [4.78, 5) is 13.6. The van der Waals surface area contributed by atoms with Crippen LogP contribution in [0, 0.1) is 0 Å². The maximum atomic E-state index is 11.5.